The van der Waals surface area contributed by atoms with Crippen LogP contribution in [0.15, 0.2) is 24.8 Å². The summed E-state index contributed by atoms with van der Waals surface area (Å²) in [4.78, 5) is 10.7. The standard InChI is InChI=1S/C12H20O2/c1-3-4-5-6-7-8-9-10-11-12(13)14-2/h3,7-8H,1,4-6,9-11H2,2H3/b8-7+. The van der Waals surface area contributed by atoms with E-state index in [-0.39, 0.29) is 5.97 Å². The van der Waals surface area contributed by atoms with Crippen LogP contribution < -0.4 is 0 Å². The zero-order valence-electron chi connectivity index (χ0n) is 9.00. The first-order valence-corrected chi connectivity index (χ1v) is 5.14. The molecule has 14 heavy (non-hydrogen) atoms. The zero-order chi connectivity index (χ0) is 10.6. The first-order chi connectivity index (χ1) is 6.81. The summed E-state index contributed by atoms with van der Waals surface area (Å²) in [5.74, 6) is -0.120. The second-order valence-corrected chi connectivity index (χ2v) is 3.16. The van der Waals surface area contributed by atoms with Crippen molar-refractivity contribution in [1.82, 2.24) is 0 Å². The first-order valence-electron chi connectivity index (χ1n) is 5.14. The molecule has 2 heteroatoms. The van der Waals surface area contributed by atoms with Crippen LogP contribution in [0.2, 0.25) is 0 Å². The Morgan fingerprint density at radius 2 is 1.86 bits per heavy atom. The lowest BCUT2D eigenvalue weighted by Gasteiger charge is -1.95. The minimum absolute atomic E-state index is 0.120. The third kappa shape index (κ3) is 9.04. The van der Waals surface area contributed by atoms with Crippen LogP contribution in [0, 0.1) is 0 Å². The molecule has 0 radical (unpaired) electrons. The predicted octanol–water partition coefficient (Wildman–Crippen LogP) is 3.24. The van der Waals surface area contributed by atoms with E-state index in [1.807, 2.05) is 6.08 Å². The number of allylic oxidation sites excluding steroid dienone is 3. The highest BCUT2D eigenvalue weighted by Gasteiger charge is 1.96. The second-order valence-electron chi connectivity index (χ2n) is 3.16. The van der Waals surface area contributed by atoms with Gasteiger partial charge in [0.2, 0.25) is 0 Å². The Bertz CT molecular complexity index is 183. The number of esters is 1. The van der Waals surface area contributed by atoms with Crippen LogP contribution in [0.4, 0.5) is 0 Å². The molecule has 0 amide bonds. The average Bonchev–Trinajstić information content (AvgIpc) is 2.21. The molecular weight excluding hydrogens is 176 g/mol. The van der Waals surface area contributed by atoms with Gasteiger partial charge in [-0.3, -0.25) is 4.79 Å². The van der Waals surface area contributed by atoms with Crippen LogP contribution in [0.1, 0.15) is 38.5 Å². The van der Waals surface area contributed by atoms with Gasteiger partial charge < -0.3 is 4.74 Å². The maximum absolute atomic E-state index is 10.7. The van der Waals surface area contributed by atoms with Crippen LogP contribution in [-0.2, 0) is 9.53 Å². The van der Waals surface area contributed by atoms with E-state index in [1.165, 1.54) is 7.11 Å². The molecule has 0 unspecified atom stereocenters. The Balaban J connectivity index is 3.18. The molecule has 0 aliphatic heterocycles. The molecular formula is C12H20O2. The highest BCUT2D eigenvalue weighted by Crippen LogP contribution is 2.01. The van der Waals surface area contributed by atoms with E-state index in [2.05, 4.69) is 23.5 Å². The van der Waals surface area contributed by atoms with Crippen LogP contribution in [0.3, 0.4) is 0 Å². The van der Waals surface area contributed by atoms with Gasteiger partial charge in [0.1, 0.15) is 0 Å². The van der Waals surface area contributed by atoms with Gasteiger partial charge >= 0.3 is 5.97 Å². The normalized spacial score (nSPS) is 10.4. The largest absolute Gasteiger partial charge is 0.469 e. The molecule has 2 nitrogen and oxygen atoms in total. The Morgan fingerprint density at radius 1 is 1.21 bits per heavy atom. The highest BCUT2D eigenvalue weighted by atomic mass is 16.5. The number of unbranched alkanes of at least 4 members (excludes halogenated alkanes) is 3. The molecule has 0 N–H and O–H groups in total. The van der Waals surface area contributed by atoms with Crippen molar-refractivity contribution in [2.45, 2.75) is 38.5 Å². The fourth-order valence-corrected chi connectivity index (χ4v) is 1.08. The van der Waals surface area contributed by atoms with Gasteiger partial charge in [-0.2, -0.15) is 0 Å². The zero-order valence-corrected chi connectivity index (χ0v) is 9.00. The fraction of sp³-hybridized carbons (Fsp3) is 0.583. The van der Waals surface area contributed by atoms with E-state index in [4.69, 9.17) is 0 Å². The van der Waals surface area contributed by atoms with E-state index in [1.54, 1.807) is 0 Å². The third-order valence-electron chi connectivity index (χ3n) is 1.93. The Kier molecular flexibility index (Phi) is 9.28. The number of carbonyl (C=O) groups is 1. The molecule has 0 aromatic carbocycles. The average molecular weight is 196 g/mol. The lowest BCUT2D eigenvalue weighted by Crippen LogP contribution is -1.98. The third-order valence-corrected chi connectivity index (χ3v) is 1.93. The van der Waals surface area contributed by atoms with Crippen molar-refractivity contribution in [1.29, 1.82) is 0 Å². The molecule has 0 aromatic rings. The van der Waals surface area contributed by atoms with Gasteiger partial charge in [-0.1, -0.05) is 18.2 Å². The van der Waals surface area contributed by atoms with Gasteiger partial charge in [-0.05, 0) is 32.1 Å². The van der Waals surface area contributed by atoms with Crippen LogP contribution in [0.5, 0.6) is 0 Å². The van der Waals surface area contributed by atoms with Gasteiger partial charge in [-0.25, -0.2) is 0 Å². The fourth-order valence-electron chi connectivity index (χ4n) is 1.08. The number of ether oxygens (including phenoxy) is 1. The molecule has 80 valence electrons. The minimum Gasteiger partial charge on any atom is -0.469 e. The molecule has 0 aliphatic carbocycles. The maximum Gasteiger partial charge on any atom is 0.305 e. The molecule has 0 saturated carbocycles. The van der Waals surface area contributed by atoms with Crippen molar-refractivity contribution in [3.63, 3.8) is 0 Å². The summed E-state index contributed by atoms with van der Waals surface area (Å²) in [5.41, 5.74) is 0. The minimum atomic E-state index is -0.120. The van der Waals surface area contributed by atoms with E-state index in [9.17, 15) is 4.79 Å². The molecule has 0 fully saturated rings. The van der Waals surface area contributed by atoms with E-state index < -0.39 is 0 Å². The van der Waals surface area contributed by atoms with Crippen molar-refractivity contribution >= 4 is 5.97 Å². The summed E-state index contributed by atoms with van der Waals surface area (Å²) in [6.45, 7) is 3.66. The SMILES string of the molecule is C=CCCC/C=C/CCCC(=O)OC. The lowest BCUT2D eigenvalue weighted by molar-refractivity contribution is -0.140. The molecule has 0 atom stereocenters. The monoisotopic (exact) mass is 196 g/mol. The van der Waals surface area contributed by atoms with E-state index >= 15 is 0 Å². The van der Waals surface area contributed by atoms with Gasteiger partial charge in [0, 0.05) is 6.42 Å². The van der Waals surface area contributed by atoms with Crippen molar-refractivity contribution < 1.29 is 9.53 Å². The molecule has 0 spiro atoms. The van der Waals surface area contributed by atoms with Gasteiger partial charge in [0.05, 0.1) is 7.11 Å². The van der Waals surface area contributed by atoms with Crippen molar-refractivity contribution in [2.75, 3.05) is 7.11 Å². The number of methoxy groups -OCH3 is 1. The quantitative estimate of drug-likeness (QED) is 0.338. The van der Waals surface area contributed by atoms with Crippen LogP contribution >= 0.6 is 0 Å². The van der Waals surface area contributed by atoms with Crippen molar-refractivity contribution in [3.8, 4) is 0 Å². The van der Waals surface area contributed by atoms with E-state index in [0.717, 1.165) is 32.1 Å². The summed E-state index contributed by atoms with van der Waals surface area (Å²) in [6.07, 6.45) is 11.9. The first kappa shape index (κ1) is 12.9. The second kappa shape index (κ2) is 10.0. The lowest BCUT2D eigenvalue weighted by atomic mass is 10.2. The highest BCUT2D eigenvalue weighted by molar-refractivity contribution is 5.68. The summed E-state index contributed by atoms with van der Waals surface area (Å²) < 4.78 is 4.54. The molecule has 0 heterocycles. The molecule has 0 aliphatic rings. The van der Waals surface area contributed by atoms with Gasteiger partial charge in [0.25, 0.3) is 0 Å². The van der Waals surface area contributed by atoms with Gasteiger partial charge in [-0.15, -0.1) is 6.58 Å². The molecule has 0 bridgehead atoms. The molecule has 0 saturated heterocycles. The van der Waals surface area contributed by atoms with Crippen LogP contribution in [0.25, 0.3) is 0 Å². The Labute approximate surface area is 86.6 Å². The molecule has 0 aromatic heterocycles. The van der Waals surface area contributed by atoms with Crippen molar-refractivity contribution in [3.05, 3.63) is 24.8 Å². The van der Waals surface area contributed by atoms with Crippen LogP contribution in [-0.4, -0.2) is 13.1 Å². The van der Waals surface area contributed by atoms with Gasteiger partial charge in [0.15, 0.2) is 0 Å². The summed E-state index contributed by atoms with van der Waals surface area (Å²) in [6, 6.07) is 0. The maximum atomic E-state index is 10.7. The van der Waals surface area contributed by atoms with Crippen molar-refractivity contribution in [2.24, 2.45) is 0 Å². The molecule has 0 rings (SSSR count). The predicted molar refractivity (Wildman–Crippen MR) is 59.1 cm³/mol. The number of hydrogen-bond acceptors (Lipinski definition) is 2. The summed E-state index contributed by atoms with van der Waals surface area (Å²) in [5, 5.41) is 0. The topological polar surface area (TPSA) is 26.3 Å². The number of hydrogen-bond donors (Lipinski definition) is 0. The number of carbonyl (C=O) groups excluding carboxylic acids is 1. The smallest absolute Gasteiger partial charge is 0.305 e. The summed E-state index contributed by atoms with van der Waals surface area (Å²) in [7, 11) is 1.42. The Hall–Kier alpha value is -1.05. The summed E-state index contributed by atoms with van der Waals surface area (Å²) >= 11 is 0. The van der Waals surface area contributed by atoms with E-state index in [0.29, 0.717) is 6.42 Å². The Morgan fingerprint density at radius 3 is 2.43 bits per heavy atom. The number of rotatable bonds is 8.